The highest BCUT2D eigenvalue weighted by atomic mass is 16.1. The zero-order valence-electron chi connectivity index (χ0n) is 15.2. The van der Waals surface area contributed by atoms with Gasteiger partial charge in [0.1, 0.15) is 0 Å². The van der Waals surface area contributed by atoms with Crippen LogP contribution in [0.4, 0.5) is 5.69 Å². The number of nitrogens with two attached hydrogens (primary N) is 1. The first-order valence-electron chi connectivity index (χ1n) is 9.75. The highest BCUT2D eigenvalue weighted by Gasteiger charge is 2.38. The highest BCUT2D eigenvalue weighted by molar-refractivity contribution is 5.80. The summed E-state index contributed by atoms with van der Waals surface area (Å²) in [6, 6.07) is 10.6. The van der Waals surface area contributed by atoms with E-state index in [1.807, 2.05) is 0 Å². The van der Waals surface area contributed by atoms with Crippen molar-refractivity contribution in [1.82, 2.24) is 9.80 Å². The van der Waals surface area contributed by atoms with Gasteiger partial charge in [0, 0.05) is 36.9 Å². The second kappa shape index (κ2) is 6.96. The molecule has 0 aromatic heterocycles. The lowest BCUT2D eigenvalue weighted by atomic mass is 10.1. The van der Waals surface area contributed by atoms with Crippen molar-refractivity contribution < 1.29 is 4.79 Å². The van der Waals surface area contributed by atoms with E-state index in [1.165, 1.54) is 30.5 Å². The van der Waals surface area contributed by atoms with Gasteiger partial charge in [0.25, 0.3) is 0 Å². The van der Waals surface area contributed by atoms with Crippen LogP contribution in [0.3, 0.4) is 0 Å². The first-order valence-corrected chi connectivity index (χ1v) is 9.75. The summed E-state index contributed by atoms with van der Waals surface area (Å²) < 4.78 is 0. The zero-order chi connectivity index (χ0) is 17.4. The van der Waals surface area contributed by atoms with E-state index in [-0.39, 0.29) is 11.9 Å². The summed E-state index contributed by atoms with van der Waals surface area (Å²) in [4.78, 5) is 16.5. The van der Waals surface area contributed by atoms with E-state index in [1.54, 1.807) is 0 Å². The molecule has 136 valence electrons. The largest absolute Gasteiger partial charge is 0.381 e. The van der Waals surface area contributed by atoms with Crippen molar-refractivity contribution in [3.8, 4) is 0 Å². The highest BCUT2D eigenvalue weighted by Crippen LogP contribution is 2.34. The zero-order valence-corrected chi connectivity index (χ0v) is 15.2. The fraction of sp³-hybridized carbons (Fsp3) is 0.650. The van der Waals surface area contributed by atoms with E-state index < -0.39 is 0 Å². The van der Waals surface area contributed by atoms with Gasteiger partial charge in [-0.25, -0.2) is 0 Å². The number of rotatable bonds is 6. The van der Waals surface area contributed by atoms with Crippen LogP contribution >= 0.6 is 0 Å². The molecule has 3 atom stereocenters. The number of amides is 1. The number of primary amides is 1. The molecule has 3 aliphatic rings. The molecular weight excluding hydrogens is 312 g/mol. The molecule has 2 heterocycles. The molecule has 25 heavy (non-hydrogen) atoms. The molecule has 5 heteroatoms. The van der Waals surface area contributed by atoms with E-state index in [9.17, 15) is 4.79 Å². The number of nitrogens with one attached hydrogen (secondary N) is 1. The molecule has 0 radical (unpaired) electrons. The fourth-order valence-corrected chi connectivity index (χ4v) is 4.64. The molecule has 0 spiro atoms. The number of carbonyl (C=O) groups is 1. The smallest absolute Gasteiger partial charge is 0.234 e. The van der Waals surface area contributed by atoms with Crippen LogP contribution in [0.1, 0.15) is 44.6 Å². The monoisotopic (exact) mass is 342 g/mol. The summed E-state index contributed by atoms with van der Waals surface area (Å²) in [5.74, 6) is -0.188. The molecule has 3 fully saturated rings. The molecule has 2 saturated heterocycles. The minimum absolute atomic E-state index is 0.0978. The van der Waals surface area contributed by atoms with Gasteiger partial charge in [0.05, 0.1) is 6.04 Å². The van der Waals surface area contributed by atoms with Gasteiger partial charge in [-0.3, -0.25) is 14.6 Å². The molecule has 4 rings (SSSR count). The third-order valence-electron chi connectivity index (χ3n) is 6.01. The summed E-state index contributed by atoms with van der Waals surface area (Å²) >= 11 is 0. The molecule has 1 aromatic rings. The summed E-state index contributed by atoms with van der Waals surface area (Å²) in [7, 11) is 0. The first-order chi connectivity index (χ1) is 12.1. The van der Waals surface area contributed by atoms with Gasteiger partial charge in [-0.2, -0.15) is 0 Å². The Morgan fingerprint density at radius 1 is 1.32 bits per heavy atom. The normalized spacial score (nSPS) is 30.7. The molecule has 1 aliphatic carbocycles. The second-order valence-electron chi connectivity index (χ2n) is 8.09. The Labute approximate surface area is 150 Å². The van der Waals surface area contributed by atoms with Gasteiger partial charge < -0.3 is 11.1 Å². The third-order valence-corrected chi connectivity index (χ3v) is 6.01. The maximum atomic E-state index is 11.6. The van der Waals surface area contributed by atoms with Gasteiger partial charge in [-0.15, -0.1) is 0 Å². The van der Waals surface area contributed by atoms with Gasteiger partial charge in [0.2, 0.25) is 5.91 Å². The van der Waals surface area contributed by atoms with Crippen LogP contribution in [-0.2, 0) is 11.3 Å². The van der Waals surface area contributed by atoms with E-state index in [2.05, 4.69) is 46.3 Å². The molecular formula is C20H30N4O. The molecule has 1 saturated carbocycles. The molecule has 5 nitrogen and oxygen atoms in total. The average Bonchev–Trinajstić information content (AvgIpc) is 3.20. The van der Waals surface area contributed by atoms with Crippen molar-refractivity contribution in [2.75, 3.05) is 18.4 Å². The Morgan fingerprint density at radius 2 is 2.16 bits per heavy atom. The predicted octanol–water partition coefficient (Wildman–Crippen LogP) is 2.17. The van der Waals surface area contributed by atoms with Gasteiger partial charge in [0.15, 0.2) is 0 Å². The Kier molecular flexibility index (Phi) is 4.69. The van der Waals surface area contributed by atoms with Crippen molar-refractivity contribution >= 4 is 11.6 Å². The van der Waals surface area contributed by atoms with Gasteiger partial charge in [-0.05, 0) is 63.3 Å². The lowest BCUT2D eigenvalue weighted by Gasteiger charge is -2.22. The fourth-order valence-electron chi connectivity index (χ4n) is 4.64. The number of carbonyl (C=O) groups excluding carboxylic acids is 1. The van der Waals surface area contributed by atoms with Gasteiger partial charge >= 0.3 is 0 Å². The summed E-state index contributed by atoms with van der Waals surface area (Å²) in [5.41, 5.74) is 7.99. The minimum atomic E-state index is -0.188. The lowest BCUT2D eigenvalue weighted by Crippen LogP contribution is -2.39. The summed E-state index contributed by atoms with van der Waals surface area (Å²) in [6.07, 6.45) is 5.93. The van der Waals surface area contributed by atoms with E-state index in [0.717, 1.165) is 38.5 Å². The SMILES string of the molecule is C[C@@H]1C[C@@H](Nc2cccc(CN3CCC[C@@H]3C(N)=O)c2)CN1C1CC1. The van der Waals surface area contributed by atoms with Crippen LogP contribution in [0.2, 0.25) is 0 Å². The maximum Gasteiger partial charge on any atom is 0.234 e. The van der Waals surface area contributed by atoms with Crippen molar-refractivity contribution in [3.63, 3.8) is 0 Å². The van der Waals surface area contributed by atoms with E-state index in [4.69, 9.17) is 5.73 Å². The van der Waals surface area contributed by atoms with Crippen molar-refractivity contribution in [2.24, 2.45) is 5.73 Å². The van der Waals surface area contributed by atoms with Crippen LogP contribution in [0, 0.1) is 0 Å². The third kappa shape index (κ3) is 3.82. The average molecular weight is 342 g/mol. The maximum absolute atomic E-state index is 11.6. The van der Waals surface area contributed by atoms with Crippen molar-refractivity contribution in [3.05, 3.63) is 29.8 Å². The first kappa shape index (κ1) is 16.9. The van der Waals surface area contributed by atoms with Crippen LogP contribution in [0.5, 0.6) is 0 Å². The Bertz CT molecular complexity index is 630. The Balaban J connectivity index is 1.37. The van der Waals surface area contributed by atoms with Crippen LogP contribution in [0.15, 0.2) is 24.3 Å². The molecule has 0 bridgehead atoms. The number of nitrogens with zero attached hydrogens (tertiary/aromatic N) is 2. The number of anilines is 1. The predicted molar refractivity (Wildman–Crippen MR) is 100 cm³/mol. The quantitative estimate of drug-likeness (QED) is 0.832. The number of hydrogen-bond donors (Lipinski definition) is 2. The van der Waals surface area contributed by atoms with Crippen molar-refractivity contribution in [2.45, 2.75) is 69.7 Å². The number of hydrogen-bond acceptors (Lipinski definition) is 4. The van der Waals surface area contributed by atoms with Crippen LogP contribution in [-0.4, -0.2) is 53.0 Å². The molecule has 1 amide bonds. The summed E-state index contributed by atoms with van der Waals surface area (Å²) in [6.45, 7) is 5.28. The molecule has 3 N–H and O–H groups in total. The topological polar surface area (TPSA) is 61.6 Å². The van der Waals surface area contributed by atoms with Crippen LogP contribution < -0.4 is 11.1 Å². The number of benzene rings is 1. The minimum Gasteiger partial charge on any atom is -0.381 e. The standard InChI is InChI=1S/C20H30N4O/c1-14-10-17(13-24(14)18-7-8-18)22-16-5-2-4-15(11-16)12-23-9-3-6-19(23)20(21)25/h2,4-5,11,14,17-19,22H,3,6-10,12-13H2,1H3,(H2,21,25)/t14-,17-,19-/m1/s1. The van der Waals surface area contributed by atoms with E-state index in [0.29, 0.717) is 12.1 Å². The van der Waals surface area contributed by atoms with Crippen molar-refractivity contribution in [1.29, 1.82) is 0 Å². The molecule has 0 unspecified atom stereocenters. The lowest BCUT2D eigenvalue weighted by molar-refractivity contribution is -0.122. The van der Waals surface area contributed by atoms with E-state index >= 15 is 0 Å². The Morgan fingerprint density at radius 3 is 2.92 bits per heavy atom. The van der Waals surface area contributed by atoms with Gasteiger partial charge in [-0.1, -0.05) is 12.1 Å². The number of likely N-dealkylation sites (tertiary alicyclic amines) is 2. The Hall–Kier alpha value is -1.59. The molecule has 2 aliphatic heterocycles. The molecule has 1 aromatic carbocycles. The van der Waals surface area contributed by atoms with Crippen LogP contribution in [0.25, 0.3) is 0 Å². The summed E-state index contributed by atoms with van der Waals surface area (Å²) in [5, 5.41) is 3.73. The second-order valence-corrected chi connectivity index (χ2v) is 8.09.